The molecule has 5 nitrogen and oxygen atoms in total. The molecule has 0 aromatic heterocycles. The van der Waals surface area contributed by atoms with Crippen molar-refractivity contribution >= 4 is 11.9 Å². The smallest absolute Gasteiger partial charge is 0.305 e. The van der Waals surface area contributed by atoms with E-state index in [-0.39, 0.29) is 25.2 Å². The largest absolute Gasteiger partial charge is 0.463 e. The van der Waals surface area contributed by atoms with Crippen molar-refractivity contribution in [3.05, 3.63) is 60.8 Å². The summed E-state index contributed by atoms with van der Waals surface area (Å²) in [5, 5.41) is 0. The normalized spacial score (nSPS) is 12.6. The summed E-state index contributed by atoms with van der Waals surface area (Å²) in [7, 11) is 0. The molecule has 0 aliphatic rings. The molecule has 0 heterocycles. The summed E-state index contributed by atoms with van der Waals surface area (Å²) in [5.41, 5.74) is 0. The molecule has 0 unspecified atom stereocenters. The molecule has 0 spiro atoms. The molecule has 360 valence electrons. The summed E-state index contributed by atoms with van der Waals surface area (Å²) >= 11 is 0. The van der Waals surface area contributed by atoms with Crippen molar-refractivity contribution in [1.29, 1.82) is 0 Å². The second kappa shape index (κ2) is 52.9. The maximum Gasteiger partial charge on any atom is 0.305 e. The van der Waals surface area contributed by atoms with Crippen LogP contribution in [0.5, 0.6) is 0 Å². The number of carbonyl (C=O) groups is 2. The number of esters is 2. The minimum absolute atomic E-state index is 0.139. The summed E-state index contributed by atoms with van der Waals surface area (Å²) < 4.78 is 17.4. The molecule has 0 rings (SSSR count). The molecule has 0 aliphatic heterocycles. The van der Waals surface area contributed by atoms with Crippen molar-refractivity contribution in [3.8, 4) is 0 Å². The molecule has 0 amide bonds. The Morgan fingerprint density at radius 3 is 1.06 bits per heavy atom. The van der Waals surface area contributed by atoms with E-state index in [0.717, 1.165) is 83.5 Å². The van der Waals surface area contributed by atoms with Gasteiger partial charge in [-0.25, -0.2) is 0 Å². The van der Waals surface area contributed by atoms with Crippen LogP contribution in [0.1, 0.15) is 265 Å². The van der Waals surface area contributed by atoms with Gasteiger partial charge in [0, 0.05) is 19.4 Å². The predicted molar refractivity (Wildman–Crippen MR) is 270 cm³/mol. The van der Waals surface area contributed by atoms with Crippen LogP contribution in [0.4, 0.5) is 0 Å². The van der Waals surface area contributed by atoms with Gasteiger partial charge in [0.15, 0.2) is 0 Å². The Bertz CT molecular complexity index is 1070. The predicted octanol–water partition coefficient (Wildman–Crippen LogP) is 18.1. The monoisotopic (exact) mass is 867 g/mol. The molecule has 0 radical (unpaired) electrons. The fourth-order valence-electron chi connectivity index (χ4n) is 7.45. The maximum absolute atomic E-state index is 12.6. The zero-order valence-corrected chi connectivity index (χ0v) is 41.4. The maximum atomic E-state index is 12.6. The van der Waals surface area contributed by atoms with Gasteiger partial charge in [-0.05, 0) is 83.5 Å². The van der Waals surface area contributed by atoms with Gasteiger partial charge in [-0.15, -0.1) is 0 Å². The molecule has 0 aromatic rings. The standard InChI is InChI=1S/C57H102O5/c1-4-7-10-13-16-19-22-24-26-28-29-30-31-33-36-39-42-45-48-51-57(59)62-54-55(53-61-56(58)50-47-44-41-38-35-21-18-15-12-9-6-3)60-52-49-46-43-40-37-34-32-27-25-23-20-17-14-11-8-5-2/h15-16,18-19,24,26,29-30,33,36,55H,4-14,17,20-23,25,27-28,31-32,34-35,37-54H2,1-3H3/b18-15-,19-16-,26-24-,30-29-,36-33-/t55-/m0/s1. The summed E-state index contributed by atoms with van der Waals surface area (Å²) in [6, 6.07) is 0. The van der Waals surface area contributed by atoms with Crippen LogP contribution in [0.25, 0.3) is 0 Å². The number of carbonyl (C=O) groups excluding carboxylic acids is 2. The van der Waals surface area contributed by atoms with Crippen LogP contribution in [0.2, 0.25) is 0 Å². The van der Waals surface area contributed by atoms with Crippen LogP contribution < -0.4 is 0 Å². The van der Waals surface area contributed by atoms with Crippen molar-refractivity contribution in [3.63, 3.8) is 0 Å². The molecule has 0 fully saturated rings. The number of hydrogen-bond donors (Lipinski definition) is 0. The van der Waals surface area contributed by atoms with E-state index in [0.29, 0.717) is 19.4 Å². The van der Waals surface area contributed by atoms with Gasteiger partial charge in [0.25, 0.3) is 0 Å². The first kappa shape index (κ1) is 59.6. The average molecular weight is 867 g/mol. The van der Waals surface area contributed by atoms with Gasteiger partial charge in [0.05, 0.1) is 0 Å². The molecular weight excluding hydrogens is 765 g/mol. The Morgan fingerprint density at radius 1 is 0.339 bits per heavy atom. The second-order valence-electron chi connectivity index (χ2n) is 17.8. The molecule has 0 aromatic carbocycles. The third-order valence-electron chi connectivity index (χ3n) is 11.6. The number of unbranched alkanes of at least 4 members (excludes halogenated alkanes) is 28. The fourth-order valence-corrected chi connectivity index (χ4v) is 7.45. The Balaban J connectivity index is 4.28. The van der Waals surface area contributed by atoms with E-state index >= 15 is 0 Å². The second-order valence-corrected chi connectivity index (χ2v) is 17.8. The van der Waals surface area contributed by atoms with Gasteiger partial charge in [-0.2, -0.15) is 0 Å². The van der Waals surface area contributed by atoms with E-state index < -0.39 is 6.10 Å². The van der Waals surface area contributed by atoms with Gasteiger partial charge in [0.2, 0.25) is 0 Å². The molecule has 5 heteroatoms. The lowest BCUT2D eigenvalue weighted by Crippen LogP contribution is -2.29. The number of hydrogen-bond acceptors (Lipinski definition) is 5. The molecule has 62 heavy (non-hydrogen) atoms. The summed E-state index contributed by atoms with van der Waals surface area (Å²) in [6.45, 7) is 7.65. The van der Waals surface area contributed by atoms with Crippen molar-refractivity contribution in [1.82, 2.24) is 0 Å². The Hall–Kier alpha value is -2.40. The summed E-state index contributed by atoms with van der Waals surface area (Å²) in [4.78, 5) is 25.2. The van der Waals surface area contributed by atoms with E-state index in [2.05, 4.69) is 81.5 Å². The lowest BCUT2D eigenvalue weighted by atomic mass is 10.0. The number of allylic oxidation sites excluding steroid dienone is 10. The van der Waals surface area contributed by atoms with Gasteiger partial charge in [-0.1, -0.05) is 229 Å². The van der Waals surface area contributed by atoms with Gasteiger partial charge in [0.1, 0.15) is 19.3 Å². The van der Waals surface area contributed by atoms with Crippen molar-refractivity contribution in [2.24, 2.45) is 0 Å². The highest BCUT2D eigenvalue weighted by Gasteiger charge is 2.16. The highest BCUT2D eigenvalue weighted by Crippen LogP contribution is 2.15. The minimum Gasteiger partial charge on any atom is -0.463 e. The topological polar surface area (TPSA) is 61.8 Å². The van der Waals surface area contributed by atoms with Crippen molar-refractivity contribution in [2.75, 3.05) is 19.8 Å². The zero-order valence-electron chi connectivity index (χ0n) is 41.4. The van der Waals surface area contributed by atoms with Gasteiger partial charge < -0.3 is 14.2 Å². The first-order valence-electron chi connectivity index (χ1n) is 26.8. The molecule has 1 atom stereocenters. The molecule has 0 saturated heterocycles. The Morgan fingerprint density at radius 2 is 0.629 bits per heavy atom. The van der Waals surface area contributed by atoms with Gasteiger partial charge >= 0.3 is 11.9 Å². The minimum atomic E-state index is -0.415. The highest BCUT2D eigenvalue weighted by atomic mass is 16.6. The van der Waals surface area contributed by atoms with Crippen LogP contribution in [-0.4, -0.2) is 37.9 Å². The lowest BCUT2D eigenvalue weighted by molar-refractivity contribution is -0.155. The van der Waals surface area contributed by atoms with Gasteiger partial charge in [-0.3, -0.25) is 9.59 Å². The average Bonchev–Trinajstić information content (AvgIpc) is 3.28. The molecule has 0 N–H and O–H groups in total. The third-order valence-corrected chi connectivity index (χ3v) is 11.6. The van der Waals surface area contributed by atoms with E-state index in [1.165, 1.54) is 148 Å². The molecule has 0 aliphatic carbocycles. The highest BCUT2D eigenvalue weighted by molar-refractivity contribution is 5.69. The SMILES string of the molecule is CCCC/C=C\CCCCCCCC(=O)OC[C@@H](COC(=O)CCCCC/C=C\C/C=C\C/C=C\C/C=C\CCCCC)OCCCCCCCCCCCCCCCCCC. The van der Waals surface area contributed by atoms with Crippen LogP contribution in [0.15, 0.2) is 60.8 Å². The van der Waals surface area contributed by atoms with E-state index in [4.69, 9.17) is 14.2 Å². The summed E-state index contributed by atoms with van der Waals surface area (Å²) in [6.07, 6.45) is 66.8. The first-order chi connectivity index (χ1) is 30.6. The van der Waals surface area contributed by atoms with Crippen LogP contribution in [0, 0.1) is 0 Å². The first-order valence-corrected chi connectivity index (χ1v) is 26.8. The van der Waals surface area contributed by atoms with Crippen LogP contribution in [0.3, 0.4) is 0 Å². The lowest BCUT2D eigenvalue weighted by Gasteiger charge is -2.18. The van der Waals surface area contributed by atoms with Crippen molar-refractivity contribution in [2.45, 2.75) is 271 Å². The van der Waals surface area contributed by atoms with E-state index in [9.17, 15) is 9.59 Å². The summed E-state index contributed by atoms with van der Waals surface area (Å²) in [5.74, 6) is -0.373. The third kappa shape index (κ3) is 50.2. The Labute approximate surface area is 385 Å². The van der Waals surface area contributed by atoms with Crippen molar-refractivity contribution < 1.29 is 23.8 Å². The fraction of sp³-hybridized carbons (Fsp3) is 0.789. The quantitative estimate of drug-likeness (QED) is 0.0346. The zero-order chi connectivity index (χ0) is 44.9. The van der Waals surface area contributed by atoms with Crippen LogP contribution in [-0.2, 0) is 23.8 Å². The molecule has 0 saturated carbocycles. The van der Waals surface area contributed by atoms with E-state index in [1.54, 1.807) is 0 Å². The Kier molecular flexibility index (Phi) is 50.9. The molecule has 0 bridgehead atoms. The molecular formula is C57H102O5. The van der Waals surface area contributed by atoms with Crippen LogP contribution >= 0.6 is 0 Å². The number of ether oxygens (including phenoxy) is 3. The van der Waals surface area contributed by atoms with E-state index in [1.807, 2.05) is 0 Å². The number of rotatable bonds is 49.